The number of nitrogens with zero attached hydrogens (tertiary/aromatic N) is 3. The van der Waals surface area contributed by atoms with Crippen molar-refractivity contribution < 1.29 is 14.5 Å². The lowest BCUT2D eigenvalue weighted by Crippen LogP contribution is -2.30. The first-order chi connectivity index (χ1) is 13.6. The summed E-state index contributed by atoms with van der Waals surface area (Å²) in [5.74, 6) is -1.33. The minimum absolute atomic E-state index is 0.193. The highest BCUT2D eigenvalue weighted by Gasteiger charge is 2.48. The van der Waals surface area contributed by atoms with Crippen LogP contribution in [0.1, 0.15) is 18.5 Å². The maximum Gasteiger partial charge on any atom is 0.294 e. The van der Waals surface area contributed by atoms with Gasteiger partial charge in [-0.25, -0.2) is 4.90 Å². The van der Waals surface area contributed by atoms with Gasteiger partial charge in [-0.05, 0) is 37.1 Å². The zero-order valence-electron chi connectivity index (χ0n) is 14.9. The van der Waals surface area contributed by atoms with Gasteiger partial charge in [0.1, 0.15) is 5.69 Å². The highest BCUT2D eigenvalue weighted by molar-refractivity contribution is 6.22. The molecule has 2 amide bonds. The molecule has 2 atom stereocenters. The standard InChI is InChI=1S/C20H18N4O4/c25-19-15-6-1-2-7-16(15)20(26)23(19)14-8-9-17(18(11-14)24(27)28)22-12-13-5-3-4-10-21-13/h1-5,8-11,15-16,22H,6-7,12H2. The Hall–Kier alpha value is -3.55. The normalized spacial score (nSPS) is 20.9. The van der Waals surface area contributed by atoms with Crippen LogP contribution in [0.4, 0.5) is 17.1 Å². The van der Waals surface area contributed by atoms with Gasteiger partial charge in [-0.15, -0.1) is 0 Å². The highest BCUT2D eigenvalue weighted by atomic mass is 16.6. The molecule has 28 heavy (non-hydrogen) atoms. The summed E-state index contributed by atoms with van der Waals surface area (Å²) in [4.78, 5) is 41.7. The van der Waals surface area contributed by atoms with Crippen LogP contribution in [-0.4, -0.2) is 21.7 Å². The third kappa shape index (κ3) is 3.13. The van der Waals surface area contributed by atoms with Crippen molar-refractivity contribution >= 4 is 28.9 Å². The smallest absolute Gasteiger partial charge is 0.294 e. The van der Waals surface area contributed by atoms with Gasteiger partial charge in [0.2, 0.25) is 11.8 Å². The molecule has 2 heterocycles. The van der Waals surface area contributed by atoms with Crippen molar-refractivity contribution in [3.05, 3.63) is 70.6 Å². The van der Waals surface area contributed by atoms with Crippen LogP contribution in [0.2, 0.25) is 0 Å². The number of anilines is 2. The minimum Gasteiger partial charge on any atom is -0.374 e. The van der Waals surface area contributed by atoms with Crippen molar-refractivity contribution in [1.29, 1.82) is 0 Å². The molecule has 8 heteroatoms. The van der Waals surface area contributed by atoms with Gasteiger partial charge in [0.25, 0.3) is 5.69 Å². The SMILES string of the molecule is O=C1C2CC=CCC2C(=O)N1c1ccc(NCc2ccccn2)c([N+](=O)[O-])c1. The lowest BCUT2D eigenvalue weighted by Gasteiger charge is -2.16. The van der Waals surface area contributed by atoms with Crippen LogP contribution < -0.4 is 10.2 Å². The average molecular weight is 378 g/mol. The van der Waals surface area contributed by atoms with E-state index >= 15 is 0 Å². The number of nitro benzene ring substituents is 1. The summed E-state index contributed by atoms with van der Waals surface area (Å²) >= 11 is 0. The molecule has 1 fully saturated rings. The van der Waals surface area contributed by atoms with Crippen LogP contribution in [0.5, 0.6) is 0 Å². The number of amides is 2. The molecule has 1 aromatic heterocycles. The fourth-order valence-corrected chi connectivity index (χ4v) is 3.70. The molecular formula is C20H18N4O4. The number of rotatable bonds is 5. The summed E-state index contributed by atoms with van der Waals surface area (Å²) in [5, 5.41) is 14.6. The molecule has 2 unspecified atom stereocenters. The van der Waals surface area contributed by atoms with E-state index in [1.165, 1.54) is 12.1 Å². The zero-order valence-corrected chi connectivity index (χ0v) is 14.9. The van der Waals surface area contributed by atoms with Crippen molar-refractivity contribution in [1.82, 2.24) is 4.98 Å². The third-order valence-electron chi connectivity index (χ3n) is 5.13. The van der Waals surface area contributed by atoms with Crippen LogP contribution in [0.3, 0.4) is 0 Å². The molecule has 2 aromatic rings. The van der Waals surface area contributed by atoms with Gasteiger partial charge >= 0.3 is 0 Å². The van der Waals surface area contributed by atoms with E-state index in [1.54, 1.807) is 18.3 Å². The van der Waals surface area contributed by atoms with Crippen LogP contribution in [0, 0.1) is 22.0 Å². The van der Waals surface area contributed by atoms with Crippen molar-refractivity contribution in [2.75, 3.05) is 10.2 Å². The van der Waals surface area contributed by atoms with Crippen molar-refractivity contribution in [2.24, 2.45) is 11.8 Å². The first-order valence-corrected chi connectivity index (χ1v) is 9.01. The maximum absolute atomic E-state index is 12.7. The predicted octanol–water partition coefficient (Wildman–Crippen LogP) is 3.06. The molecular weight excluding hydrogens is 360 g/mol. The summed E-state index contributed by atoms with van der Waals surface area (Å²) in [6.07, 6.45) is 6.51. The van der Waals surface area contributed by atoms with E-state index < -0.39 is 4.92 Å². The number of allylic oxidation sites excluding steroid dienone is 2. The Morgan fingerprint density at radius 1 is 1.11 bits per heavy atom. The van der Waals surface area contributed by atoms with E-state index in [0.29, 0.717) is 25.1 Å². The molecule has 0 bridgehead atoms. The van der Waals surface area contributed by atoms with Gasteiger partial charge in [0, 0.05) is 12.3 Å². The number of benzene rings is 1. The van der Waals surface area contributed by atoms with Crippen molar-refractivity contribution in [3.63, 3.8) is 0 Å². The molecule has 1 aliphatic heterocycles. The Bertz CT molecular complexity index is 947. The second-order valence-electron chi connectivity index (χ2n) is 6.80. The van der Waals surface area contributed by atoms with E-state index in [4.69, 9.17) is 0 Å². The molecule has 142 valence electrons. The maximum atomic E-state index is 12.7. The van der Waals surface area contributed by atoms with Gasteiger partial charge in [-0.3, -0.25) is 24.7 Å². The number of hydrogen-bond acceptors (Lipinski definition) is 6. The van der Waals surface area contributed by atoms with Crippen LogP contribution >= 0.6 is 0 Å². The van der Waals surface area contributed by atoms with Gasteiger partial charge in [0.05, 0.1) is 34.7 Å². The molecule has 1 aliphatic carbocycles. The van der Waals surface area contributed by atoms with E-state index in [0.717, 1.165) is 10.6 Å². The molecule has 0 saturated carbocycles. The van der Waals surface area contributed by atoms with Crippen LogP contribution in [0.25, 0.3) is 0 Å². The minimum atomic E-state index is -0.524. The first-order valence-electron chi connectivity index (χ1n) is 9.01. The Kier molecular flexibility index (Phi) is 4.60. The summed E-state index contributed by atoms with van der Waals surface area (Å²) < 4.78 is 0. The molecule has 1 saturated heterocycles. The molecule has 0 radical (unpaired) electrons. The van der Waals surface area contributed by atoms with Gasteiger partial charge < -0.3 is 5.32 Å². The van der Waals surface area contributed by atoms with Crippen molar-refractivity contribution in [3.8, 4) is 0 Å². The van der Waals surface area contributed by atoms with Gasteiger partial charge in [-0.1, -0.05) is 18.2 Å². The Morgan fingerprint density at radius 3 is 2.43 bits per heavy atom. The summed E-state index contributed by atoms with van der Waals surface area (Å²) in [7, 11) is 0. The van der Waals surface area contributed by atoms with Crippen LogP contribution in [0.15, 0.2) is 54.7 Å². The van der Waals surface area contributed by atoms with E-state index in [-0.39, 0.29) is 35.0 Å². The summed E-state index contributed by atoms with van der Waals surface area (Å²) in [6.45, 7) is 0.318. The number of carbonyl (C=O) groups excluding carboxylic acids is 2. The van der Waals surface area contributed by atoms with E-state index in [1.807, 2.05) is 24.3 Å². The van der Waals surface area contributed by atoms with E-state index in [9.17, 15) is 19.7 Å². The lowest BCUT2D eigenvalue weighted by molar-refractivity contribution is -0.383. The topological polar surface area (TPSA) is 105 Å². The number of pyridine rings is 1. The average Bonchev–Trinajstić information content (AvgIpc) is 2.98. The Labute approximate surface area is 161 Å². The largest absolute Gasteiger partial charge is 0.374 e. The number of carbonyl (C=O) groups is 2. The number of hydrogen-bond donors (Lipinski definition) is 1. The van der Waals surface area contributed by atoms with Gasteiger partial charge in [0.15, 0.2) is 0 Å². The molecule has 2 aliphatic rings. The highest BCUT2D eigenvalue weighted by Crippen LogP contribution is 2.39. The molecule has 1 N–H and O–H groups in total. The number of aromatic nitrogens is 1. The number of imide groups is 1. The molecule has 8 nitrogen and oxygen atoms in total. The Balaban J connectivity index is 1.61. The fourth-order valence-electron chi connectivity index (χ4n) is 3.70. The predicted molar refractivity (Wildman–Crippen MR) is 103 cm³/mol. The molecule has 4 rings (SSSR count). The molecule has 0 spiro atoms. The van der Waals surface area contributed by atoms with E-state index in [2.05, 4.69) is 10.3 Å². The lowest BCUT2D eigenvalue weighted by atomic mass is 9.85. The fraction of sp³-hybridized carbons (Fsp3) is 0.250. The second-order valence-corrected chi connectivity index (χ2v) is 6.80. The van der Waals surface area contributed by atoms with Crippen LogP contribution in [-0.2, 0) is 16.1 Å². The monoisotopic (exact) mass is 378 g/mol. The first kappa shape index (κ1) is 17.8. The Morgan fingerprint density at radius 2 is 1.82 bits per heavy atom. The number of nitro groups is 1. The molecule has 1 aromatic carbocycles. The zero-order chi connectivity index (χ0) is 19.7. The third-order valence-corrected chi connectivity index (χ3v) is 5.13. The second kappa shape index (κ2) is 7.22. The summed E-state index contributed by atoms with van der Waals surface area (Å²) in [5.41, 5.74) is 1.08. The van der Waals surface area contributed by atoms with Crippen molar-refractivity contribution in [2.45, 2.75) is 19.4 Å². The number of nitrogens with one attached hydrogen (secondary N) is 1. The number of fused-ring (bicyclic) bond motifs is 1. The van der Waals surface area contributed by atoms with Gasteiger partial charge in [-0.2, -0.15) is 0 Å². The quantitative estimate of drug-likeness (QED) is 0.371. The summed E-state index contributed by atoms with van der Waals surface area (Å²) in [6, 6.07) is 9.80.